The molecule has 0 aliphatic rings. The first-order valence-electron chi connectivity index (χ1n) is 6.56. The average molecular weight is 357 g/mol. The molecular weight excluding hydrogens is 342 g/mol. The quantitative estimate of drug-likeness (QED) is 0.804. The maximum atomic E-state index is 14.0. The van der Waals surface area contributed by atoms with Gasteiger partial charge in [-0.25, -0.2) is 8.78 Å². The van der Waals surface area contributed by atoms with Crippen LogP contribution in [-0.2, 0) is 6.42 Å². The lowest BCUT2D eigenvalue weighted by molar-refractivity contribution is 0.169. The van der Waals surface area contributed by atoms with Crippen LogP contribution >= 0.6 is 15.9 Å². The van der Waals surface area contributed by atoms with Crippen LogP contribution in [0.4, 0.5) is 8.78 Å². The second kappa shape index (κ2) is 7.00. The van der Waals surface area contributed by atoms with Gasteiger partial charge in [-0.3, -0.25) is 0 Å². The fourth-order valence-corrected chi connectivity index (χ4v) is 2.47. The first kappa shape index (κ1) is 15.9. The molecular formula is C16H15BrF2O2. The van der Waals surface area contributed by atoms with E-state index in [0.29, 0.717) is 17.9 Å². The maximum Gasteiger partial charge on any atom is 0.143 e. The Morgan fingerprint density at radius 2 is 1.90 bits per heavy atom. The van der Waals surface area contributed by atoms with E-state index in [0.717, 1.165) is 0 Å². The van der Waals surface area contributed by atoms with Crippen LogP contribution in [0.5, 0.6) is 5.75 Å². The summed E-state index contributed by atoms with van der Waals surface area (Å²) in [5.41, 5.74) is 0.362. The van der Waals surface area contributed by atoms with E-state index in [1.54, 1.807) is 24.3 Å². The molecule has 2 rings (SSSR count). The highest BCUT2D eigenvalue weighted by molar-refractivity contribution is 9.10. The lowest BCUT2D eigenvalue weighted by atomic mass is 10.00. The molecule has 0 heterocycles. The zero-order valence-electron chi connectivity index (χ0n) is 11.4. The molecule has 0 saturated carbocycles. The van der Waals surface area contributed by atoms with Crippen molar-refractivity contribution in [2.75, 3.05) is 6.61 Å². The monoisotopic (exact) mass is 356 g/mol. The highest BCUT2D eigenvalue weighted by Gasteiger charge is 2.19. The first-order valence-corrected chi connectivity index (χ1v) is 7.36. The molecule has 1 atom stereocenters. The van der Waals surface area contributed by atoms with Crippen molar-refractivity contribution in [1.82, 2.24) is 0 Å². The second-order valence-electron chi connectivity index (χ2n) is 4.51. The van der Waals surface area contributed by atoms with Gasteiger partial charge in [-0.2, -0.15) is 0 Å². The first-order chi connectivity index (χ1) is 10.0. The summed E-state index contributed by atoms with van der Waals surface area (Å²) in [4.78, 5) is 0. The molecule has 5 heteroatoms. The molecule has 0 amide bonds. The third kappa shape index (κ3) is 3.60. The molecule has 2 aromatic rings. The van der Waals surface area contributed by atoms with Gasteiger partial charge in [0.25, 0.3) is 0 Å². The lowest BCUT2D eigenvalue weighted by Crippen LogP contribution is -2.08. The Morgan fingerprint density at radius 3 is 2.62 bits per heavy atom. The van der Waals surface area contributed by atoms with Crippen molar-refractivity contribution in [1.29, 1.82) is 0 Å². The molecule has 112 valence electrons. The number of aliphatic hydroxyl groups excluding tert-OH is 1. The molecule has 0 aliphatic carbocycles. The van der Waals surface area contributed by atoms with Gasteiger partial charge in [-0.05, 0) is 41.1 Å². The summed E-state index contributed by atoms with van der Waals surface area (Å²) in [6.45, 7) is 2.28. The number of ether oxygens (including phenoxy) is 1. The standard InChI is InChI=1S/C16H15BrF2O2/c1-2-21-15-6-4-3-5-10(15)14(20)9-11-13(18)8-7-12(17)16(11)19/h3-8,14,20H,2,9H2,1H3. The average Bonchev–Trinajstić information content (AvgIpc) is 2.48. The minimum atomic E-state index is -1.05. The van der Waals surface area contributed by atoms with Gasteiger partial charge in [0, 0.05) is 17.5 Å². The van der Waals surface area contributed by atoms with Crippen molar-refractivity contribution in [2.45, 2.75) is 19.4 Å². The predicted octanol–water partition coefficient (Wildman–Crippen LogP) is 4.40. The third-order valence-electron chi connectivity index (χ3n) is 3.11. The summed E-state index contributed by atoms with van der Waals surface area (Å²) >= 11 is 3.02. The number of hydrogen-bond acceptors (Lipinski definition) is 2. The number of hydrogen-bond donors (Lipinski definition) is 1. The molecule has 0 spiro atoms. The topological polar surface area (TPSA) is 29.5 Å². The highest BCUT2D eigenvalue weighted by atomic mass is 79.9. The van der Waals surface area contributed by atoms with E-state index in [1.807, 2.05) is 6.92 Å². The van der Waals surface area contributed by atoms with E-state index in [9.17, 15) is 13.9 Å². The number of para-hydroxylation sites is 1. The Bertz CT molecular complexity index is 632. The van der Waals surface area contributed by atoms with Crippen LogP contribution in [-0.4, -0.2) is 11.7 Å². The molecule has 1 unspecified atom stereocenters. The number of rotatable bonds is 5. The molecule has 2 nitrogen and oxygen atoms in total. The summed E-state index contributed by atoms with van der Waals surface area (Å²) in [5.74, 6) is -0.852. The molecule has 0 fully saturated rings. The lowest BCUT2D eigenvalue weighted by Gasteiger charge is -2.16. The van der Waals surface area contributed by atoms with Crippen LogP contribution < -0.4 is 4.74 Å². The van der Waals surface area contributed by atoms with Crippen molar-refractivity contribution in [3.05, 3.63) is 63.6 Å². The van der Waals surface area contributed by atoms with Crippen molar-refractivity contribution in [2.24, 2.45) is 0 Å². The largest absolute Gasteiger partial charge is 0.493 e. The summed E-state index contributed by atoms with van der Waals surface area (Å²) in [6, 6.07) is 9.40. The van der Waals surface area contributed by atoms with E-state index in [4.69, 9.17) is 4.74 Å². The highest BCUT2D eigenvalue weighted by Crippen LogP contribution is 2.30. The van der Waals surface area contributed by atoms with Crippen molar-refractivity contribution < 1.29 is 18.6 Å². The van der Waals surface area contributed by atoms with Crippen LogP contribution in [0, 0.1) is 11.6 Å². The summed E-state index contributed by atoms with van der Waals surface area (Å²) in [7, 11) is 0. The number of benzene rings is 2. The van der Waals surface area contributed by atoms with Gasteiger partial charge in [-0.1, -0.05) is 18.2 Å². The van der Waals surface area contributed by atoms with Gasteiger partial charge in [0.1, 0.15) is 17.4 Å². The Labute approximate surface area is 130 Å². The van der Waals surface area contributed by atoms with Crippen molar-refractivity contribution in [3.63, 3.8) is 0 Å². The smallest absolute Gasteiger partial charge is 0.143 e. The van der Waals surface area contributed by atoms with Gasteiger partial charge in [0.2, 0.25) is 0 Å². The number of halogens is 3. The van der Waals surface area contributed by atoms with Crippen LogP contribution in [0.15, 0.2) is 40.9 Å². The molecule has 21 heavy (non-hydrogen) atoms. The van der Waals surface area contributed by atoms with Crippen LogP contribution in [0.1, 0.15) is 24.2 Å². The fraction of sp³-hybridized carbons (Fsp3) is 0.250. The Morgan fingerprint density at radius 1 is 1.19 bits per heavy atom. The molecule has 0 aliphatic heterocycles. The molecule has 0 aromatic heterocycles. The fourth-order valence-electron chi connectivity index (χ4n) is 2.10. The van der Waals surface area contributed by atoms with E-state index < -0.39 is 17.7 Å². The third-order valence-corrected chi connectivity index (χ3v) is 3.73. The summed E-state index contributed by atoms with van der Waals surface area (Å²) in [6.07, 6.45) is -1.22. The van der Waals surface area contributed by atoms with Gasteiger partial charge in [0.15, 0.2) is 0 Å². The van der Waals surface area contributed by atoms with Crippen molar-refractivity contribution >= 4 is 15.9 Å². The second-order valence-corrected chi connectivity index (χ2v) is 5.37. The van der Waals surface area contributed by atoms with E-state index >= 15 is 0 Å². The normalized spacial score (nSPS) is 12.2. The van der Waals surface area contributed by atoms with Gasteiger partial charge >= 0.3 is 0 Å². The molecule has 1 N–H and O–H groups in total. The van der Waals surface area contributed by atoms with Crippen LogP contribution in [0.3, 0.4) is 0 Å². The van der Waals surface area contributed by atoms with Crippen LogP contribution in [0.25, 0.3) is 0 Å². The minimum absolute atomic E-state index is 0.150. The SMILES string of the molecule is CCOc1ccccc1C(O)Cc1c(F)ccc(Br)c1F. The minimum Gasteiger partial charge on any atom is -0.493 e. The zero-order valence-corrected chi connectivity index (χ0v) is 13.0. The molecule has 0 saturated heterocycles. The molecule has 0 bridgehead atoms. The predicted molar refractivity (Wildman–Crippen MR) is 80.3 cm³/mol. The molecule has 0 radical (unpaired) electrons. The van der Waals surface area contributed by atoms with E-state index in [1.165, 1.54) is 12.1 Å². The summed E-state index contributed by atoms with van der Waals surface area (Å²) in [5, 5.41) is 10.3. The Balaban J connectivity index is 2.31. The van der Waals surface area contributed by atoms with E-state index in [-0.39, 0.29) is 16.5 Å². The van der Waals surface area contributed by atoms with E-state index in [2.05, 4.69) is 15.9 Å². The number of aliphatic hydroxyl groups is 1. The summed E-state index contributed by atoms with van der Waals surface area (Å²) < 4.78 is 33.3. The maximum absolute atomic E-state index is 14.0. The van der Waals surface area contributed by atoms with Crippen molar-refractivity contribution in [3.8, 4) is 5.75 Å². The van der Waals surface area contributed by atoms with Gasteiger partial charge in [-0.15, -0.1) is 0 Å². The van der Waals surface area contributed by atoms with Gasteiger partial charge < -0.3 is 9.84 Å². The Hall–Kier alpha value is -1.46. The van der Waals surface area contributed by atoms with Crippen LogP contribution in [0.2, 0.25) is 0 Å². The Kier molecular flexibility index (Phi) is 5.31. The zero-order chi connectivity index (χ0) is 15.4. The molecule has 2 aromatic carbocycles. The van der Waals surface area contributed by atoms with Gasteiger partial charge in [0.05, 0.1) is 17.2 Å².